The van der Waals surface area contributed by atoms with Gasteiger partial charge in [0, 0.05) is 12.6 Å². The van der Waals surface area contributed by atoms with E-state index in [1.807, 2.05) is 26.8 Å². The molecule has 42 heavy (non-hydrogen) atoms. The fourth-order valence-electron chi connectivity index (χ4n) is 4.31. The lowest BCUT2D eigenvalue weighted by atomic mass is 10.1. The summed E-state index contributed by atoms with van der Waals surface area (Å²) in [6, 6.07) is 19.4. The zero-order valence-electron chi connectivity index (χ0n) is 25.2. The normalized spacial score (nSPS) is 12.6. The summed E-state index contributed by atoms with van der Waals surface area (Å²) in [5.74, 6) is 0.0473. The van der Waals surface area contributed by atoms with Crippen LogP contribution in [0, 0.1) is 6.92 Å². The number of ether oxygens (including phenoxy) is 2. The van der Waals surface area contributed by atoms with Crippen LogP contribution in [0.1, 0.15) is 45.2 Å². The van der Waals surface area contributed by atoms with Crippen LogP contribution in [0.4, 0.5) is 5.69 Å². The minimum absolute atomic E-state index is 0.0362. The predicted octanol–water partition coefficient (Wildman–Crippen LogP) is 4.93. The van der Waals surface area contributed by atoms with Gasteiger partial charge in [0.25, 0.3) is 10.0 Å². The van der Waals surface area contributed by atoms with Gasteiger partial charge in [0.05, 0.1) is 24.3 Å². The summed E-state index contributed by atoms with van der Waals surface area (Å²) in [7, 11) is -2.66. The van der Waals surface area contributed by atoms with Crippen molar-refractivity contribution in [3.8, 4) is 11.5 Å². The number of anilines is 1. The molecule has 1 N–H and O–H groups in total. The first-order valence-electron chi connectivity index (χ1n) is 14.1. The summed E-state index contributed by atoms with van der Waals surface area (Å²) in [4.78, 5) is 28.8. The second-order valence-corrected chi connectivity index (χ2v) is 12.0. The lowest BCUT2D eigenvalue weighted by molar-refractivity contribution is -0.139. The molecule has 0 aromatic heterocycles. The molecule has 0 bridgehead atoms. The number of benzene rings is 3. The molecule has 3 aromatic rings. The maximum atomic E-state index is 14.2. The minimum atomic E-state index is -4.21. The van der Waals surface area contributed by atoms with Gasteiger partial charge >= 0.3 is 0 Å². The molecule has 0 heterocycles. The van der Waals surface area contributed by atoms with Crippen molar-refractivity contribution in [2.45, 2.75) is 64.6 Å². The maximum absolute atomic E-state index is 14.2. The van der Waals surface area contributed by atoms with E-state index in [1.165, 1.54) is 17.0 Å². The van der Waals surface area contributed by atoms with E-state index in [-0.39, 0.29) is 29.1 Å². The summed E-state index contributed by atoms with van der Waals surface area (Å²) >= 11 is 0. The van der Waals surface area contributed by atoms with Gasteiger partial charge in [-0.15, -0.1) is 0 Å². The Balaban J connectivity index is 2.08. The van der Waals surface area contributed by atoms with Gasteiger partial charge in [0.2, 0.25) is 11.8 Å². The van der Waals surface area contributed by atoms with E-state index in [9.17, 15) is 18.0 Å². The van der Waals surface area contributed by atoms with Crippen LogP contribution in [-0.4, -0.2) is 57.5 Å². The monoisotopic (exact) mass is 595 g/mol. The molecule has 2 atom stereocenters. The second-order valence-electron chi connectivity index (χ2n) is 10.1. The molecule has 9 nitrogen and oxygen atoms in total. The Morgan fingerprint density at radius 1 is 0.952 bits per heavy atom. The number of para-hydroxylation sites is 2. The third-order valence-electron chi connectivity index (χ3n) is 6.98. The van der Waals surface area contributed by atoms with Gasteiger partial charge in [0.1, 0.15) is 24.1 Å². The van der Waals surface area contributed by atoms with Crippen LogP contribution in [0.3, 0.4) is 0 Å². The molecule has 2 amide bonds. The van der Waals surface area contributed by atoms with Crippen molar-refractivity contribution in [3.63, 3.8) is 0 Å². The van der Waals surface area contributed by atoms with E-state index in [0.717, 1.165) is 21.9 Å². The molecule has 0 saturated carbocycles. The number of nitrogens with one attached hydrogen (secondary N) is 1. The molecular weight excluding hydrogens is 554 g/mol. The molecule has 0 saturated heterocycles. The molecular formula is C32H41N3O6S. The van der Waals surface area contributed by atoms with Crippen LogP contribution < -0.4 is 19.1 Å². The van der Waals surface area contributed by atoms with E-state index in [1.54, 1.807) is 75.6 Å². The van der Waals surface area contributed by atoms with Crippen molar-refractivity contribution in [1.82, 2.24) is 10.2 Å². The highest BCUT2D eigenvalue weighted by molar-refractivity contribution is 7.92. The molecule has 10 heteroatoms. The highest BCUT2D eigenvalue weighted by atomic mass is 32.2. The third-order valence-corrected chi connectivity index (χ3v) is 8.75. The fourth-order valence-corrected chi connectivity index (χ4v) is 5.73. The van der Waals surface area contributed by atoms with Gasteiger partial charge in [-0.25, -0.2) is 8.42 Å². The topological polar surface area (TPSA) is 105 Å². The van der Waals surface area contributed by atoms with Gasteiger partial charge in [-0.2, -0.15) is 0 Å². The van der Waals surface area contributed by atoms with Crippen LogP contribution in [0.2, 0.25) is 0 Å². The van der Waals surface area contributed by atoms with Crippen LogP contribution in [0.15, 0.2) is 77.7 Å². The smallest absolute Gasteiger partial charge is 0.264 e. The van der Waals surface area contributed by atoms with Gasteiger partial charge in [-0.05, 0) is 76.1 Å². The first-order valence-corrected chi connectivity index (χ1v) is 15.5. The number of carbonyl (C=O) groups is 2. The molecule has 3 rings (SSSR count). The lowest BCUT2D eigenvalue weighted by Gasteiger charge is -2.33. The highest BCUT2D eigenvalue weighted by Crippen LogP contribution is 2.33. The molecule has 0 aliphatic heterocycles. The van der Waals surface area contributed by atoms with Crippen molar-refractivity contribution in [2.24, 2.45) is 0 Å². The minimum Gasteiger partial charge on any atom is -0.497 e. The number of methoxy groups -OCH3 is 1. The van der Waals surface area contributed by atoms with Gasteiger partial charge in [-0.1, -0.05) is 48.9 Å². The number of sulfonamides is 1. The first-order chi connectivity index (χ1) is 20.0. The zero-order chi connectivity index (χ0) is 30.9. The Bertz CT molecular complexity index is 1460. The molecule has 0 fully saturated rings. The molecule has 0 unspecified atom stereocenters. The van der Waals surface area contributed by atoms with Gasteiger partial charge in [0.15, 0.2) is 0 Å². The second kappa shape index (κ2) is 14.7. The van der Waals surface area contributed by atoms with Crippen LogP contribution in [0.25, 0.3) is 0 Å². The van der Waals surface area contributed by atoms with Crippen LogP contribution in [0.5, 0.6) is 11.5 Å². The summed E-state index contributed by atoms with van der Waals surface area (Å²) in [5.41, 5.74) is 1.86. The molecule has 226 valence electrons. The third kappa shape index (κ3) is 8.03. The highest BCUT2D eigenvalue weighted by Gasteiger charge is 2.34. The standard InChI is InChI=1S/C32H41N3O6S/c1-7-24(4)33-32(37)25(5)34(21-26-12-11-13-27(20-26)40-6)31(36)22-35(29-14-9-10-15-30(29)41-8-2)42(38,39)28-18-16-23(3)17-19-28/h9-20,24-25H,7-8,21-22H2,1-6H3,(H,33,37)/t24-,25+/m0/s1. The summed E-state index contributed by atoms with van der Waals surface area (Å²) in [5, 5.41) is 2.94. The predicted molar refractivity (Wildman–Crippen MR) is 164 cm³/mol. The van der Waals surface area contributed by atoms with Gasteiger partial charge < -0.3 is 19.7 Å². The number of nitrogens with zero attached hydrogens (tertiary/aromatic N) is 2. The number of hydrogen-bond acceptors (Lipinski definition) is 6. The number of rotatable bonds is 14. The number of hydrogen-bond donors (Lipinski definition) is 1. The Morgan fingerprint density at radius 2 is 1.64 bits per heavy atom. The SMILES string of the molecule is CCOc1ccccc1N(CC(=O)N(Cc1cccc(OC)c1)[C@H](C)C(=O)N[C@@H](C)CC)S(=O)(=O)c1ccc(C)cc1. The molecule has 0 aliphatic rings. The number of carbonyl (C=O) groups excluding carboxylic acids is 2. The number of amides is 2. The van der Waals surface area contributed by atoms with E-state index >= 15 is 0 Å². The lowest BCUT2D eigenvalue weighted by Crippen LogP contribution is -2.52. The summed E-state index contributed by atoms with van der Waals surface area (Å²) in [6.07, 6.45) is 0.721. The van der Waals surface area contributed by atoms with Gasteiger partial charge in [-0.3, -0.25) is 13.9 Å². The van der Waals surface area contributed by atoms with E-state index in [0.29, 0.717) is 18.1 Å². The average molecular weight is 596 g/mol. The number of aryl methyl sites for hydroxylation is 1. The maximum Gasteiger partial charge on any atom is 0.264 e. The quantitative estimate of drug-likeness (QED) is 0.283. The molecule has 3 aromatic carbocycles. The summed E-state index contributed by atoms with van der Waals surface area (Å²) < 4.78 is 40.4. The van der Waals surface area contributed by atoms with Crippen LogP contribution in [-0.2, 0) is 26.2 Å². The van der Waals surface area contributed by atoms with Crippen molar-refractivity contribution in [3.05, 3.63) is 83.9 Å². The molecule has 0 aliphatic carbocycles. The summed E-state index contributed by atoms with van der Waals surface area (Å²) in [6.45, 7) is 8.97. The average Bonchev–Trinajstić information content (AvgIpc) is 2.98. The Kier molecular flexibility index (Phi) is 11.4. The first kappa shape index (κ1) is 32.5. The van der Waals surface area contributed by atoms with Crippen molar-refractivity contribution in [2.75, 3.05) is 24.6 Å². The van der Waals surface area contributed by atoms with Crippen LogP contribution >= 0.6 is 0 Å². The van der Waals surface area contributed by atoms with E-state index in [2.05, 4.69) is 5.32 Å². The molecule has 0 spiro atoms. The fraction of sp³-hybridized carbons (Fsp3) is 0.375. The van der Waals surface area contributed by atoms with Crippen molar-refractivity contribution in [1.29, 1.82) is 0 Å². The van der Waals surface area contributed by atoms with Crippen molar-refractivity contribution >= 4 is 27.5 Å². The van der Waals surface area contributed by atoms with Crippen molar-refractivity contribution < 1.29 is 27.5 Å². The van der Waals surface area contributed by atoms with E-state index < -0.39 is 28.5 Å². The molecule has 0 radical (unpaired) electrons. The zero-order valence-corrected chi connectivity index (χ0v) is 26.0. The Morgan fingerprint density at radius 3 is 2.29 bits per heavy atom. The Labute approximate surface area is 249 Å². The van der Waals surface area contributed by atoms with E-state index in [4.69, 9.17) is 9.47 Å². The Hall–Kier alpha value is -4.05. The largest absolute Gasteiger partial charge is 0.497 e.